The number of aliphatic carboxylic acids is 1. The quantitative estimate of drug-likeness (QED) is 0.649. The predicted octanol–water partition coefficient (Wildman–Crippen LogP) is 2.98. The average molecular weight is 212 g/mol. The molecule has 2 rings (SSSR count). The van der Waals surface area contributed by atoms with Gasteiger partial charge in [0, 0.05) is 12.8 Å². The van der Waals surface area contributed by atoms with Crippen molar-refractivity contribution in [3.8, 4) is 0 Å². The third-order valence-electron chi connectivity index (χ3n) is 3.42. The number of fused-ring (bicyclic) bond motifs is 2. The van der Waals surface area contributed by atoms with Gasteiger partial charge in [-0.15, -0.1) is 0 Å². The topological polar surface area (TPSA) is 57.5 Å². The van der Waals surface area contributed by atoms with E-state index in [2.05, 4.69) is 19.9 Å². The lowest BCUT2D eigenvalue weighted by Crippen LogP contribution is -2.24. The summed E-state index contributed by atoms with van der Waals surface area (Å²) < 4.78 is 0. The monoisotopic (exact) mass is 212 g/mol. The van der Waals surface area contributed by atoms with Crippen molar-refractivity contribution in [3.63, 3.8) is 0 Å². The first-order valence-corrected chi connectivity index (χ1v) is 5.44. The molecule has 3 heteroatoms. The molecule has 86 valence electrons. The molecule has 15 heavy (non-hydrogen) atoms. The molecule has 0 aromatic heterocycles. The first kappa shape index (κ1) is 12.1. The summed E-state index contributed by atoms with van der Waals surface area (Å²) in [6.45, 7) is 5.55. The largest absolute Gasteiger partial charge is 0.512 e. The smallest absolute Gasteiger partial charge is 0.300 e. The number of aliphatic hydroxyl groups is 1. The van der Waals surface area contributed by atoms with Crippen LogP contribution in [0.25, 0.3) is 0 Å². The molecule has 0 amide bonds. The lowest BCUT2D eigenvalue weighted by atomic mass is 9.73. The number of carboxylic acids is 1. The maximum absolute atomic E-state index is 9.59. The van der Waals surface area contributed by atoms with Gasteiger partial charge in [-0.05, 0) is 36.7 Å². The van der Waals surface area contributed by atoms with E-state index in [0.29, 0.717) is 11.7 Å². The van der Waals surface area contributed by atoms with Crippen LogP contribution in [0.5, 0.6) is 0 Å². The van der Waals surface area contributed by atoms with Crippen LogP contribution in [0.15, 0.2) is 11.8 Å². The molecule has 2 N–H and O–H groups in total. The van der Waals surface area contributed by atoms with Crippen LogP contribution >= 0.6 is 0 Å². The number of carbonyl (C=O) groups is 1. The van der Waals surface area contributed by atoms with Crippen LogP contribution in [-0.4, -0.2) is 16.2 Å². The Labute approximate surface area is 90.8 Å². The SMILES string of the molecule is CC(=O)O.CC1(C)C=C(O)[C@@H]2CCC1C2. The van der Waals surface area contributed by atoms with Crippen molar-refractivity contribution < 1.29 is 15.0 Å². The molecular weight excluding hydrogens is 192 g/mol. The molecule has 0 spiro atoms. The van der Waals surface area contributed by atoms with Gasteiger partial charge in [0.1, 0.15) is 0 Å². The molecule has 3 nitrogen and oxygen atoms in total. The Hall–Kier alpha value is -0.990. The maximum atomic E-state index is 9.59. The van der Waals surface area contributed by atoms with Crippen LogP contribution in [-0.2, 0) is 4.79 Å². The molecular formula is C12H20O3. The van der Waals surface area contributed by atoms with E-state index in [0.717, 1.165) is 12.8 Å². The second-order valence-corrected chi connectivity index (χ2v) is 5.12. The summed E-state index contributed by atoms with van der Waals surface area (Å²) in [4.78, 5) is 9.00. The zero-order valence-electron chi connectivity index (χ0n) is 9.66. The van der Waals surface area contributed by atoms with E-state index in [-0.39, 0.29) is 5.41 Å². The number of hydrogen-bond acceptors (Lipinski definition) is 2. The molecule has 2 aliphatic rings. The Morgan fingerprint density at radius 1 is 1.47 bits per heavy atom. The fourth-order valence-corrected chi connectivity index (χ4v) is 2.54. The van der Waals surface area contributed by atoms with Crippen molar-refractivity contribution in [2.24, 2.45) is 17.3 Å². The minimum atomic E-state index is -0.833. The van der Waals surface area contributed by atoms with Gasteiger partial charge in [-0.25, -0.2) is 0 Å². The summed E-state index contributed by atoms with van der Waals surface area (Å²) in [6.07, 6.45) is 5.79. The van der Waals surface area contributed by atoms with Gasteiger partial charge < -0.3 is 10.2 Å². The molecule has 0 aromatic rings. The van der Waals surface area contributed by atoms with E-state index in [9.17, 15) is 5.11 Å². The lowest BCUT2D eigenvalue weighted by molar-refractivity contribution is -0.134. The summed E-state index contributed by atoms with van der Waals surface area (Å²) in [5.74, 6) is 1.15. The van der Waals surface area contributed by atoms with Crippen LogP contribution in [0.1, 0.15) is 40.0 Å². The van der Waals surface area contributed by atoms with Crippen molar-refractivity contribution >= 4 is 5.97 Å². The average Bonchev–Trinajstić information content (AvgIpc) is 2.45. The highest BCUT2D eigenvalue weighted by Gasteiger charge is 2.40. The number of allylic oxidation sites excluding steroid dienone is 2. The van der Waals surface area contributed by atoms with E-state index in [4.69, 9.17) is 9.90 Å². The van der Waals surface area contributed by atoms with Crippen LogP contribution in [0.2, 0.25) is 0 Å². The summed E-state index contributed by atoms with van der Waals surface area (Å²) in [6, 6.07) is 0. The van der Waals surface area contributed by atoms with Crippen molar-refractivity contribution in [3.05, 3.63) is 11.8 Å². The van der Waals surface area contributed by atoms with E-state index in [1.165, 1.54) is 19.3 Å². The third-order valence-corrected chi connectivity index (χ3v) is 3.42. The molecule has 0 heterocycles. The third kappa shape index (κ3) is 2.98. The van der Waals surface area contributed by atoms with Crippen molar-refractivity contribution in [2.45, 2.75) is 40.0 Å². The van der Waals surface area contributed by atoms with E-state index in [1.54, 1.807) is 0 Å². The minimum absolute atomic E-state index is 0.247. The molecule has 1 fully saturated rings. The lowest BCUT2D eigenvalue weighted by Gasteiger charge is -2.32. The Balaban J connectivity index is 0.000000245. The van der Waals surface area contributed by atoms with Gasteiger partial charge in [0.25, 0.3) is 5.97 Å². The Kier molecular flexibility index (Phi) is 3.42. The van der Waals surface area contributed by atoms with Crippen molar-refractivity contribution in [1.82, 2.24) is 0 Å². The highest BCUT2D eigenvalue weighted by molar-refractivity contribution is 5.62. The van der Waals surface area contributed by atoms with Crippen LogP contribution < -0.4 is 0 Å². The summed E-state index contributed by atoms with van der Waals surface area (Å²) in [5.41, 5.74) is 0.247. The molecule has 1 unspecified atom stereocenters. The Bertz CT molecular complexity index is 275. The van der Waals surface area contributed by atoms with E-state index >= 15 is 0 Å². The van der Waals surface area contributed by atoms with Gasteiger partial charge in [-0.2, -0.15) is 0 Å². The first-order chi connectivity index (χ1) is 6.83. The van der Waals surface area contributed by atoms with Gasteiger partial charge in [0.2, 0.25) is 0 Å². The summed E-state index contributed by atoms with van der Waals surface area (Å²) >= 11 is 0. The fourth-order valence-electron chi connectivity index (χ4n) is 2.54. The van der Waals surface area contributed by atoms with Crippen LogP contribution in [0.4, 0.5) is 0 Å². The van der Waals surface area contributed by atoms with Crippen molar-refractivity contribution in [1.29, 1.82) is 0 Å². The molecule has 2 bridgehead atoms. The van der Waals surface area contributed by atoms with Crippen LogP contribution in [0.3, 0.4) is 0 Å². The zero-order chi connectivity index (χ0) is 11.6. The summed E-state index contributed by atoms with van der Waals surface area (Å²) in [5, 5.41) is 17.0. The molecule has 2 aliphatic carbocycles. The Morgan fingerprint density at radius 3 is 2.53 bits per heavy atom. The van der Waals surface area contributed by atoms with E-state index < -0.39 is 5.97 Å². The number of carboxylic acid groups (broad SMARTS) is 1. The van der Waals surface area contributed by atoms with Gasteiger partial charge in [0.05, 0.1) is 5.76 Å². The second-order valence-electron chi connectivity index (χ2n) is 5.12. The van der Waals surface area contributed by atoms with Gasteiger partial charge in [-0.1, -0.05) is 13.8 Å². The minimum Gasteiger partial charge on any atom is -0.512 e. The highest BCUT2D eigenvalue weighted by Crippen LogP contribution is 2.49. The molecule has 0 aliphatic heterocycles. The van der Waals surface area contributed by atoms with Crippen molar-refractivity contribution in [2.75, 3.05) is 0 Å². The van der Waals surface area contributed by atoms with Gasteiger partial charge >= 0.3 is 0 Å². The molecule has 2 atom stereocenters. The highest BCUT2D eigenvalue weighted by atomic mass is 16.4. The summed E-state index contributed by atoms with van der Waals surface area (Å²) in [7, 11) is 0. The number of hydrogen-bond donors (Lipinski definition) is 2. The fraction of sp³-hybridized carbons (Fsp3) is 0.750. The number of rotatable bonds is 0. The molecule has 1 saturated carbocycles. The number of aliphatic hydroxyl groups excluding tert-OH is 1. The standard InChI is InChI=1S/C10H16O.C2H4O2/c1-10(2)6-9(11)7-3-4-8(10)5-7;1-2(3)4/h6-8,11H,3-5H2,1-2H3;1H3,(H,3,4)/t7-,8?;/m1./s1. The normalized spacial score (nSPS) is 31.3. The molecule has 0 aromatic carbocycles. The van der Waals surface area contributed by atoms with Crippen LogP contribution in [0, 0.1) is 17.3 Å². The molecule has 0 saturated heterocycles. The Morgan fingerprint density at radius 2 is 2.00 bits per heavy atom. The molecule has 0 radical (unpaired) electrons. The van der Waals surface area contributed by atoms with Gasteiger partial charge in [-0.3, -0.25) is 4.79 Å². The second kappa shape index (κ2) is 4.25. The first-order valence-electron chi connectivity index (χ1n) is 5.44. The zero-order valence-corrected chi connectivity index (χ0v) is 9.66. The van der Waals surface area contributed by atoms with E-state index in [1.807, 2.05) is 0 Å². The maximum Gasteiger partial charge on any atom is 0.300 e. The van der Waals surface area contributed by atoms with Gasteiger partial charge in [0.15, 0.2) is 0 Å². The predicted molar refractivity (Wildman–Crippen MR) is 58.6 cm³/mol.